The van der Waals surface area contributed by atoms with Gasteiger partial charge in [-0.2, -0.15) is 5.10 Å². The van der Waals surface area contributed by atoms with Crippen molar-refractivity contribution in [3.8, 4) is 0 Å². The van der Waals surface area contributed by atoms with Gasteiger partial charge in [0.25, 0.3) is 0 Å². The van der Waals surface area contributed by atoms with Crippen molar-refractivity contribution in [3.05, 3.63) is 16.8 Å². The largest absolute Gasteiger partial charge is 0.368 e. The Hall–Kier alpha value is -2.27. The second kappa shape index (κ2) is 10.5. The highest BCUT2D eigenvalue weighted by molar-refractivity contribution is 8.14. The van der Waals surface area contributed by atoms with Crippen molar-refractivity contribution in [1.29, 1.82) is 0 Å². The van der Waals surface area contributed by atoms with Gasteiger partial charge in [-0.15, -0.1) is 10.2 Å². The van der Waals surface area contributed by atoms with Gasteiger partial charge in [-0.25, -0.2) is 9.67 Å². The molecule has 1 saturated carbocycles. The zero-order chi connectivity index (χ0) is 20.6. The van der Waals surface area contributed by atoms with Crippen LogP contribution < -0.4 is 10.6 Å². The van der Waals surface area contributed by atoms with E-state index in [-0.39, 0.29) is 17.7 Å². The van der Waals surface area contributed by atoms with Crippen molar-refractivity contribution in [1.82, 2.24) is 25.3 Å². The maximum Gasteiger partial charge on any atom is 0.236 e. The molecule has 2 N–H and O–H groups in total. The predicted molar refractivity (Wildman–Crippen MR) is 116 cm³/mol. The molecule has 3 rings (SSSR count). The minimum atomic E-state index is -0.187. The molecule has 0 saturated heterocycles. The number of aldehydes is 1. The van der Waals surface area contributed by atoms with Crippen LogP contribution in [0, 0.1) is 0 Å². The van der Waals surface area contributed by atoms with Gasteiger partial charge in [-0.1, -0.05) is 49.3 Å². The van der Waals surface area contributed by atoms with Gasteiger partial charge in [0.15, 0.2) is 17.3 Å². The zero-order valence-corrected chi connectivity index (χ0v) is 18.2. The molecular formula is C18H25N7O2S2. The lowest BCUT2D eigenvalue weighted by molar-refractivity contribution is -0.113. The third-order valence-electron chi connectivity index (χ3n) is 4.62. The fraction of sp³-hybridized carbons (Fsp3) is 0.556. The third-order valence-corrected chi connectivity index (χ3v) is 6.58. The molecule has 0 aliphatic heterocycles. The summed E-state index contributed by atoms with van der Waals surface area (Å²) in [6.45, 7) is 1.99. The van der Waals surface area contributed by atoms with E-state index in [1.807, 2.05) is 11.6 Å². The second-order valence-electron chi connectivity index (χ2n) is 6.64. The highest BCUT2D eigenvalue weighted by Crippen LogP contribution is 2.32. The number of aryl methyl sites for hydroxylation is 1. The number of nitrogens with zero attached hydrogens (tertiary/aromatic N) is 5. The van der Waals surface area contributed by atoms with Gasteiger partial charge < -0.3 is 5.32 Å². The van der Waals surface area contributed by atoms with Crippen molar-refractivity contribution in [3.63, 3.8) is 0 Å². The number of rotatable bonds is 7. The monoisotopic (exact) mass is 435 g/mol. The Morgan fingerprint density at radius 3 is 2.83 bits per heavy atom. The molecule has 29 heavy (non-hydrogen) atoms. The van der Waals surface area contributed by atoms with Crippen molar-refractivity contribution in [2.24, 2.45) is 4.99 Å². The summed E-state index contributed by atoms with van der Waals surface area (Å²) in [6.07, 6.45) is 8.74. The molecular weight excluding hydrogens is 410 g/mol. The fourth-order valence-electron chi connectivity index (χ4n) is 3.15. The Bertz CT molecular complexity index is 871. The number of amidine groups is 1. The molecule has 1 fully saturated rings. The van der Waals surface area contributed by atoms with E-state index >= 15 is 0 Å². The topological polar surface area (TPSA) is 114 Å². The van der Waals surface area contributed by atoms with E-state index in [1.54, 1.807) is 13.2 Å². The number of carbonyl (C=O) groups is 2. The van der Waals surface area contributed by atoms with Crippen molar-refractivity contribution >= 4 is 51.4 Å². The average Bonchev–Trinajstić information content (AvgIpc) is 3.37. The van der Waals surface area contributed by atoms with Crippen LogP contribution in [0.3, 0.4) is 0 Å². The van der Waals surface area contributed by atoms with Crippen LogP contribution >= 0.6 is 23.1 Å². The molecule has 1 amide bonds. The second-order valence-corrected chi connectivity index (χ2v) is 8.66. The van der Waals surface area contributed by atoms with E-state index in [9.17, 15) is 9.59 Å². The number of amides is 1. The highest BCUT2D eigenvalue weighted by atomic mass is 32.2. The van der Waals surface area contributed by atoms with Gasteiger partial charge >= 0.3 is 0 Å². The van der Waals surface area contributed by atoms with Crippen LogP contribution in [-0.2, 0) is 11.2 Å². The van der Waals surface area contributed by atoms with Crippen LogP contribution in [0.1, 0.15) is 60.4 Å². The molecule has 1 aliphatic rings. The number of thioether (sulfide) groups is 1. The number of anilines is 1. The van der Waals surface area contributed by atoms with Gasteiger partial charge in [0.1, 0.15) is 5.01 Å². The van der Waals surface area contributed by atoms with E-state index in [2.05, 4.69) is 30.9 Å². The first-order valence-electron chi connectivity index (χ1n) is 9.68. The van der Waals surface area contributed by atoms with E-state index in [4.69, 9.17) is 0 Å². The molecule has 0 atom stereocenters. The number of aliphatic imine (C=N–C) groups is 1. The Morgan fingerprint density at radius 2 is 2.17 bits per heavy atom. The number of carbonyl (C=O) groups excluding carboxylic acids is 2. The lowest BCUT2D eigenvalue weighted by Crippen LogP contribution is -2.21. The van der Waals surface area contributed by atoms with Crippen LogP contribution in [0.25, 0.3) is 0 Å². The zero-order valence-electron chi connectivity index (χ0n) is 16.6. The number of aromatic nitrogens is 4. The van der Waals surface area contributed by atoms with E-state index < -0.39 is 0 Å². The van der Waals surface area contributed by atoms with Gasteiger partial charge in [0, 0.05) is 7.05 Å². The first kappa shape index (κ1) is 21.4. The summed E-state index contributed by atoms with van der Waals surface area (Å²) in [5.41, 5.74) is 0.453. The number of hydrogen-bond acceptors (Lipinski definition) is 8. The molecule has 2 aromatic heterocycles. The molecule has 2 aromatic rings. The summed E-state index contributed by atoms with van der Waals surface area (Å²) in [5.74, 6) is 0.517. The third kappa shape index (κ3) is 5.63. The van der Waals surface area contributed by atoms with Crippen molar-refractivity contribution in [2.45, 2.75) is 51.5 Å². The van der Waals surface area contributed by atoms with Gasteiger partial charge in [0.05, 0.1) is 23.6 Å². The maximum absolute atomic E-state index is 12.2. The maximum atomic E-state index is 12.2. The minimum Gasteiger partial charge on any atom is -0.368 e. The lowest BCUT2D eigenvalue weighted by atomic mass is 9.96. The summed E-state index contributed by atoms with van der Waals surface area (Å²) < 4.78 is 1.86. The van der Waals surface area contributed by atoms with Gasteiger partial charge in [0.2, 0.25) is 11.0 Å². The van der Waals surface area contributed by atoms with E-state index in [0.29, 0.717) is 21.7 Å². The molecule has 0 radical (unpaired) electrons. The summed E-state index contributed by atoms with van der Waals surface area (Å²) in [7, 11) is 1.74. The highest BCUT2D eigenvalue weighted by Gasteiger charge is 2.21. The molecule has 11 heteroatoms. The van der Waals surface area contributed by atoms with Crippen LogP contribution in [0.15, 0.2) is 11.2 Å². The normalized spacial score (nSPS) is 15.3. The summed E-state index contributed by atoms with van der Waals surface area (Å²) >= 11 is 2.63. The molecule has 0 spiro atoms. The average molecular weight is 436 g/mol. The molecule has 0 unspecified atom stereocenters. The molecule has 1 aliphatic carbocycles. The smallest absolute Gasteiger partial charge is 0.236 e. The fourth-order valence-corrected chi connectivity index (χ4v) is 4.48. The summed E-state index contributed by atoms with van der Waals surface area (Å²) in [6, 6.07) is 0.257. The Labute approximate surface area is 177 Å². The quantitative estimate of drug-likeness (QED) is 0.390. The number of hydrogen-bond donors (Lipinski definition) is 2. The van der Waals surface area contributed by atoms with E-state index in [0.717, 1.165) is 43.4 Å². The lowest BCUT2D eigenvalue weighted by Gasteiger charge is -2.23. The molecule has 9 nitrogen and oxygen atoms in total. The minimum absolute atomic E-state index is 0.161. The van der Waals surface area contributed by atoms with Gasteiger partial charge in [-0.05, 0) is 19.3 Å². The Morgan fingerprint density at radius 1 is 1.38 bits per heavy atom. The first-order valence-corrected chi connectivity index (χ1v) is 11.5. The SMILES string of the molecule is CCc1nnc(NC(=O)CS/C(=N/c2c(C=O)cnn2C2CCCCC2)NC)s1. The van der Waals surface area contributed by atoms with Crippen molar-refractivity contribution < 1.29 is 9.59 Å². The standard InChI is InChI=1S/C18H25N7O2S2/c1-3-15-23-24-18(29-15)21-14(27)11-28-17(19-2)22-16-12(10-26)9-20-25(16)13-7-5-4-6-8-13/h9-10,13H,3-8,11H2,1-2H3,(H,19,22)(H,21,24,27). The molecule has 0 bridgehead atoms. The van der Waals surface area contributed by atoms with Crippen molar-refractivity contribution in [2.75, 3.05) is 18.1 Å². The summed E-state index contributed by atoms with van der Waals surface area (Å²) in [5, 5.41) is 20.0. The van der Waals surface area contributed by atoms with Crippen LogP contribution in [-0.4, -0.2) is 50.1 Å². The van der Waals surface area contributed by atoms with Crippen LogP contribution in [0.2, 0.25) is 0 Å². The van der Waals surface area contributed by atoms with Crippen LogP contribution in [0.5, 0.6) is 0 Å². The first-order chi connectivity index (χ1) is 14.1. The van der Waals surface area contributed by atoms with Gasteiger partial charge in [-0.3, -0.25) is 14.9 Å². The number of nitrogens with one attached hydrogen (secondary N) is 2. The molecule has 0 aromatic carbocycles. The molecule has 156 valence electrons. The Balaban J connectivity index is 1.68. The predicted octanol–water partition coefficient (Wildman–Crippen LogP) is 3.19. The Kier molecular flexibility index (Phi) is 7.76. The van der Waals surface area contributed by atoms with E-state index in [1.165, 1.54) is 29.5 Å². The molecule has 2 heterocycles. The van der Waals surface area contributed by atoms with Crippen LogP contribution in [0.4, 0.5) is 10.9 Å². The summed E-state index contributed by atoms with van der Waals surface area (Å²) in [4.78, 5) is 28.3.